The second kappa shape index (κ2) is 23.5. The van der Waals surface area contributed by atoms with Crippen molar-refractivity contribution >= 4 is 11.9 Å². The third kappa shape index (κ3) is 30.8. The van der Waals surface area contributed by atoms with Crippen LogP contribution in [0, 0.1) is 0 Å². The van der Waals surface area contributed by atoms with Gasteiger partial charge < -0.3 is 47.4 Å². The van der Waals surface area contributed by atoms with E-state index >= 15 is 0 Å². The van der Waals surface area contributed by atoms with Crippen molar-refractivity contribution in [3.05, 3.63) is 0 Å². The van der Waals surface area contributed by atoms with Gasteiger partial charge in [-0.1, -0.05) is 0 Å². The number of carbonyl (C=O) groups is 2. The number of ether oxygens (including phenoxy) is 10. The van der Waals surface area contributed by atoms with Gasteiger partial charge in [-0.25, -0.2) is 9.59 Å². The van der Waals surface area contributed by atoms with Crippen LogP contribution in [0.1, 0.15) is 41.5 Å². The molecule has 0 aliphatic heterocycles. The normalized spacial score (nSPS) is 12.1. The molecule has 0 aromatic carbocycles. The predicted octanol–water partition coefficient (Wildman–Crippen LogP) is 1.80. The van der Waals surface area contributed by atoms with Crippen molar-refractivity contribution < 1.29 is 57.0 Å². The fourth-order valence-electron chi connectivity index (χ4n) is 2.49. The van der Waals surface area contributed by atoms with Crippen LogP contribution in [0.25, 0.3) is 0 Å². The van der Waals surface area contributed by atoms with Crippen LogP contribution in [0.15, 0.2) is 0 Å². The van der Waals surface area contributed by atoms with E-state index in [1.54, 1.807) is 0 Å². The van der Waals surface area contributed by atoms with Gasteiger partial charge in [-0.15, -0.1) is 0 Å². The van der Waals surface area contributed by atoms with E-state index in [2.05, 4.69) is 0 Å². The molecule has 0 aliphatic carbocycles. The molecule has 0 radical (unpaired) electrons. The van der Waals surface area contributed by atoms with Gasteiger partial charge in [-0.2, -0.15) is 0 Å². The van der Waals surface area contributed by atoms with E-state index in [-0.39, 0.29) is 13.2 Å². The summed E-state index contributed by atoms with van der Waals surface area (Å²) in [7, 11) is 0. The van der Waals surface area contributed by atoms with Gasteiger partial charge in [-0.3, -0.25) is 0 Å². The zero-order valence-corrected chi connectivity index (χ0v) is 24.2. The monoisotopic (exact) mass is 554 g/mol. The smallest absolute Gasteiger partial charge is 0.332 e. The Morgan fingerprint density at radius 3 is 0.737 bits per heavy atom. The number of carbonyl (C=O) groups excluding carboxylic acids is 2. The van der Waals surface area contributed by atoms with E-state index in [1.807, 2.05) is 41.5 Å². The largest absolute Gasteiger partial charge is 0.458 e. The van der Waals surface area contributed by atoms with Crippen molar-refractivity contribution in [2.45, 2.75) is 52.7 Å². The van der Waals surface area contributed by atoms with Crippen molar-refractivity contribution in [1.29, 1.82) is 0 Å². The van der Waals surface area contributed by atoms with Crippen LogP contribution < -0.4 is 0 Å². The first kappa shape index (κ1) is 36.6. The maximum atomic E-state index is 11.5. The van der Waals surface area contributed by atoms with Crippen molar-refractivity contribution in [3.8, 4) is 0 Å². The quantitative estimate of drug-likeness (QED) is 0.121. The molecule has 0 rings (SSSR count). The highest BCUT2D eigenvalue weighted by Gasteiger charge is 2.16. The molecular weight excluding hydrogens is 504 g/mol. The molecule has 0 saturated carbocycles. The second-order valence-electron chi connectivity index (χ2n) is 9.95. The molecule has 0 heterocycles. The van der Waals surface area contributed by atoms with Gasteiger partial charge in [0.15, 0.2) is 0 Å². The van der Waals surface area contributed by atoms with Crippen LogP contribution in [-0.4, -0.2) is 129 Å². The molecule has 38 heavy (non-hydrogen) atoms. The summed E-state index contributed by atoms with van der Waals surface area (Å²) in [5.74, 6) is -0.780. The summed E-state index contributed by atoms with van der Waals surface area (Å²) < 4.78 is 53.1. The average molecular weight is 555 g/mol. The molecule has 0 atom stereocenters. The Balaban J connectivity index is 3.18. The molecular formula is C26H50O12. The number of esters is 2. The molecule has 226 valence electrons. The van der Waals surface area contributed by atoms with Gasteiger partial charge in [0.25, 0.3) is 0 Å². The molecule has 0 aromatic rings. The first-order chi connectivity index (χ1) is 18.0. The molecule has 0 amide bonds. The lowest BCUT2D eigenvalue weighted by Gasteiger charge is -2.19. The SMILES string of the molecule is CC(C)(C)OC(=O)COCCOCCOCCOCCOCCOCCOCCOCC(=O)OC(C)(C)C. The van der Waals surface area contributed by atoms with Gasteiger partial charge >= 0.3 is 11.9 Å². The van der Waals surface area contributed by atoms with Crippen LogP contribution >= 0.6 is 0 Å². The van der Waals surface area contributed by atoms with Gasteiger partial charge in [0.1, 0.15) is 24.4 Å². The van der Waals surface area contributed by atoms with Crippen LogP contribution in [-0.2, 0) is 57.0 Å². The highest BCUT2D eigenvalue weighted by atomic mass is 16.6. The minimum Gasteiger partial charge on any atom is -0.458 e. The van der Waals surface area contributed by atoms with Gasteiger partial charge in [-0.05, 0) is 41.5 Å². The van der Waals surface area contributed by atoms with Crippen LogP contribution in [0.2, 0.25) is 0 Å². The van der Waals surface area contributed by atoms with Crippen molar-refractivity contribution in [1.82, 2.24) is 0 Å². The highest BCUT2D eigenvalue weighted by molar-refractivity contribution is 5.71. The predicted molar refractivity (Wildman–Crippen MR) is 138 cm³/mol. The van der Waals surface area contributed by atoms with Crippen molar-refractivity contribution in [2.75, 3.05) is 106 Å². The Labute approximate surface area is 227 Å². The summed E-state index contributed by atoms with van der Waals surface area (Å²) in [5, 5.41) is 0. The van der Waals surface area contributed by atoms with Gasteiger partial charge in [0.05, 0.1) is 92.5 Å². The summed E-state index contributed by atoms with van der Waals surface area (Å²) in [4.78, 5) is 22.9. The lowest BCUT2D eigenvalue weighted by atomic mass is 10.2. The van der Waals surface area contributed by atoms with Crippen LogP contribution in [0.4, 0.5) is 0 Å². The Kier molecular flexibility index (Phi) is 22.6. The molecule has 12 heteroatoms. The minimum absolute atomic E-state index is 0.0860. The zero-order chi connectivity index (χ0) is 28.5. The molecule has 0 spiro atoms. The average Bonchev–Trinajstić information content (AvgIpc) is 2.79. The third-order valence-corrected chi connectivity index (χ3v) is 3.88. The zero-order valence-electron chi connectivity index (χ0n) is 24.2. The van der Waals surface area contributed by atoms with Crippen LogP contribution in [0.3, 0.4) is 0 Å². The summed E-state index contributed by atoms with van der Waals surface area (Å²) in [5.41, 5.74) is -1.02. The van der Waals surface area contributed by atoms with Crippen molar-refractivity contribution in [3.63, 3.8) is 0 Å². The molecule has 0 unspecified atom stereocenters. The molecule has 0 N–H and O–H groups in total. The van der Waals surface area contributed by atoms with E-state index in [1.165, 1.54) is 0 Å². The second-order valence-corrected chi connectivity index (χ2v) is 9.95. The summed E-state index contributed by atoms with van der Waals surface area (Å²) >= 11 is 0. The van der Waals surface area contributed by atoms with E-state index in [0.717, 1.165) is 0 Å². The number of rotatable bonds is 25. The number of hydrogen-bond donors (Lipinski definition) is 0. The third-order valence-electron chi connectivity index (χ3n) is 3.88. The molecule has 12 nitrogen and oxygen atoms in total. The van der Waals surface area contributed by atoms with Gasteiger partial charge in [0, 0.05) is 0 Å². The Hall–Kier alpha value is -1.38. The minimum atomic E-state index is -0.512. The van der Waals surface area contributed by atoms with E-state index in [9.17, 15) is 9.59 Å². The van der Waals surface area contributed by atoms with Crippen LogP contribution in [0.5, 0.6) is 0 Å². The van der Waals surface area contributed by atoms with E-state index in [0.29, 0.717) is 92.5 Å². The highest BCUT2D eigenvalue weighted by Crippen LogP contribution is 2.07. The first-order valence-electron chi connectivity index (χ1n) is 13.1. The molecule has 0 saturated heterocycles. The lowest BCUT2D eigenvalue weighted by molar-refractivity contribution is -0.161. The summed E-state index contributed by atoms with van der Waals surface area (Å²) in [6.45, 7) is 16.7. The Morgan fingerprint density at radius 1 is 0.368 bits per heavy atom. The number of hydrogen-bond acceptors (Lipinski definition) is 12. The molecule has 0 fully saturated rings. The van der Waals surface area contributed by atoms with E-state index < -0.39 is 23.1 Å². The fourth-order valence-corrected chi connectivity index (χ4v) is 2.49. The Bertz CT molecular complexity index is 522. The topological polar surface area (TPSA) is 126 Å². The maximum absolute atomic E-state index is 11.5. The molecule has 0 aliphatic rings. The molecule has 0 aromatic heterocycles. The lowest BCUT2D eigenvalue weighted by Crippen LogP contribution is -2.27. The maximum Gasteiger partial charge on any atom is 0.332 e. The standard InChI is InChI=1S/C26H50O12/c1-25(2,3)37-23(27)21-35-19-17-33-15-13-31-11-9-29-7-8-30-10-12-32-14-16-34-18-20-36-22-24(28)38-26(4,5)6/h7-22H2,1-6H3. The fraction of sp³-hybridized carbons (Fsp3) is 0.923. The summed E-state index contributed by atoms with van der Waals surface area (Å²) in [6, 6.07) is 0. The first-order valence-corrected chi connectivity index (χ1v) is 13.1. The molecule has 0 bridgehead atoms. The van der Waals surface area contributed by atoms with Gasteiger partial charge in [0.2, 0.25) is 0 Å². The van der Waals surface area contributed by atoms with Crippen molar-refractivity contribution in [2.24, 2.45) is 0 Å². The Morgan fingerprint density at radius 2 is 0.553 bits per heavy atom. The van der Waals surface area contributed by atoms with E-state index in [4.69, 9.17) is 47.4 Å². The summed E-state index contributed by atoms with van der Waals surface area (Å²) in [6.07, 6.45) is 0.